The lowest BCUT2D eigenvalue weighted by Gasteiger charge is -2.31. The van der Waals surface area contributed by atoms with E-state index in [1.807, 2.05) is 0 Å². The average molecular weight is 641 g/mol. The first-order valence-electron chi connectivity index (χ1n) is 12.9. The van der Waals surface area contributed by atoms with Gasteiger partial charge in [-0.1, -0.05) is 53.1 Å². The largest absolute Gasteiger partial charge is 0.350 e. The number of rotatable bonds is 10. The standard InChI is InChI=1S/C28H32O11S3/c1-19-5-11-23(12-6-19)40(29,30)37-17-26-28(39-42(33,34)25-15-9-21(3)10-16-25)27(22(4)35-18-36-26)38-41(31,32)24-13-7-20(2)8-14-24/h5-16,22,26-28H,17-18H2,1-4H3/t22-,26-,27+,28-/m0/s1. The Labute approximate surface area is 246 Å². The van der Waals surface area contributed by atoms with Gasteiger partial charge in [-0.25, -0.2) is 0 Å². The van der Waals surface area contributed by atoms with Crippen molar-refractivity contribution in [2.75, 3.05) is 13.4 Å². The molecule has 14 heteroatoms. The third kappa shape index (κ3) is 7.82. The highest BCUT2D eigenvalue weighted by Crippen LogP contribution is 2.29. The number of hydrogen-bond donors (Lipinski definition) is 0. The molecule has 0 N–H and O–H groups in total. The molecule has 0 saturated carbocycles. The molecule has 0 unspecified atom stereocenters. The minimum atomic E-state index is -4.53. The van der Waals surface area contributed by atoms with Gasteiger partial charge in [0.05, 0.1) is 27.4 Å². The second kappa shape index (κ2) is 12.9. The maximum atomic E-state index is 13.4. The van der Waals surface area contributed by atoms with Gasteiger partial charge in [0.25, 0.3) is 30.4 Å². The van der Waals surface area contributed by atoms with Crippen LogP contribution in [0.4, 0.5) is 0 Å². The van der Waals surface area contributed by atoms with Crippen molar-refractivity contribution in [3.05, 3.63) is 89.5 Å². The fraction of sp³-hybridized carbons (Fsp3) is 0.357. The molecule has 3 aromatic rings. The Morgan fingerprint density at radius 1 is 0.595 bits per heavy atom. The van der Waals surface area contributed by atoms with Gasteiger partial charge in [-0.05, 0) is 64.1 Å². The molecule has 4 atom stereocenters. The maximum Gasteiger partial charge on any atom is 0.297 e. The van der Waals surface area contributed by atoms with Crippen molar-refractivity contribution in [1.82, 2.24) is 0 Å². The van der Waals surface area contributed by atoms with Gasteiger partial charge in [0.2, 0.25) is 0 Å². The normalized spacial score (nSPS) is 22.0. The highest BCUT2D eigenvalue weighted by Gasteiger charge is 2.45. The number of hydrogen-bond acceptors (Lipinski definition) is 11. The molecule has 0 radical (unpaired) electrons. The van der Waals surface area contributed by atoms with E-state index in [1.165, 1.54) is 43.3 Å². The Bertz CT molecular complexity index is 1680. The molecular weight excluding hydrogens is 608 g/mol. The Hall–Kier alpha value is -2.69. The first kappa shape index (κ1) is 32.2. The zero-order valence-electron chi connectivity index (χ0n) is 23.4. The predicted octanol–water partition coefficient (Wildman–Crippen LogP) is 3.63. The average Bonchev–Trinajstić information content (AvgIpc) is 3.06. The molecular formula is C28H32O11S3. The van der Waals surface area contributed by atoms with Crippen LogP contribution >= 0.6 is 0 Å². The Morgan fingerprint density at radius 3 is 1.40 bits per heavy atom. The Kier molecular flexibility index (Phi) is 9.89. The first-order chi connectivity index (χ1) is 19.7. The summed E-state index contributed by atoms with van der Waals surface area (Å²) in [6, 6.07) is 17.5. The quantitative estimate of drug-likeness (QED) is 0.299. The van der Waals surface area contributed by atoms with E-state index in [2.05, 4.69) is 0 Å². The van der Waals surface area contributed by atoms with Crippen molar-refractivity contribution in [3.8, 4) is 0 Å². The summed E-state index contributed by atoms with van der Waals surface area (Å²) in [6.45, 7) is 5.63. The lowest BCUT2D eigenvalue weighted by atomic mass is 10.0. The minimum Gasteiger partial charge on any atom is -0.350 e. The molecule has 1 aliphatic rings. The van der Waals surface area contributed by atoms with Crippen molar-refractivity contribution in [1.29, 1.82) is 0 Å². The van der Waals surface area contributed by atoms with Crippen LogP contribution in [0.25, 0.3) is 0 Å². The summed E-state index contributed by atoms with van der Waals surface area (Å²) in [7, 11) is -13.3. The van der Waals surface area contributed by atoms with Crippen LogP contribution < -0.4 is 0 Å². The van der Waals surface area contributed by atoms with E-state index in [4.69, 9.17) is 22.0 Å². The van der Waals surface area contributed by atoms with E-state index in [-0.39, 0.29) is 14.7 Å². The molecule has 42 heavy (non-hydrogen) atoms. The van der Waals surface area contributed by atoms with Crippen LogP contribution in [0.5, 0.6) is 0 Å². The highest BCUT2D eigenvalue weighted by atomic mass is 32.2. The maximum absolute atomic E-state index is 13.4. The molecule has 11 nitrogen and oxygen atoms in total. The van der Waals surface area contributed by atoms with Gasteiger partial charge >= 0.3 is 0 Å². The molecule has 0 aliphatic carbocycles. The summed E-state index contributed by atoms with van der Waals surface area (Å²) >= 11 is 0. The number of aryl methyl sites for hydroxylation is 3. The third-order valence-electron chi connectivity index (χ3n) is 6.56. The van der Waals surface area contributed by atoms with Gasteiger partial charge in [0.1, 0.15) is 25.1 Å². The molecule has 0 aromatic heterocycles. The topological polar surface area (TPSA) is 149 Å². The zero-order chi connectivity index (χ0) is 30.7. The van der Waals surface area contributed by atoms with Gasteiger partial charge in [0, 0.05) is 0 Å². The molecule has 0 spiro atoms. The first-order valence-corrected chi connectivity index (χ1v) is 17.1. The summed E-state index contributed by atoms with van der Waals surface area (Å²) in [6.07, 6.45) is -5.81. The van der Waals surface area contributed by atoms with Crippen molar-refractivity contribution in [2.24, 2.45) is 0 Å². The summed E-state index contributed by atoms with van der Waals surface area (Å²) in [4.78, 5) is -0.524. The molecule has 228 valence electrons. The van der Waals surface area contributed by atoms with Gasteiger partial charge in [0.15, 0.2) is 0 Å². The second-order valence-electron chi connectivity index (χ2n) is 9.90. The van der Waals surface area contributed by atoms with E-state index >= 15 is 0 Å². The van der Waals surface area contributed by atoms with Crippen LogP contribution in [0.2, 0.25) is 0 Å². The third-order valence-corrected chi connectivity index (χ3v) is 10.5. The molecule has 0 bridgehead atoms. The van der Waals surface area contributed by atoms with Gasteiger partial charge in [-0.3, -0.25) is 12.5 Å². The molecule has 1 fully saturated rings. The zero-order valence-corrected chi connectivity index (χ0v) is 25.8. The molecule has 1 saturated heterocycles. The minimum absolute atomic E-state index is 0.133. The van der Waals surface area contributed by atoms with Gasteiger partial charge < -0.3 is 9.47 Å². The van der Waals surface area contributed by atoms with Crippen LogP contribution in [0.3, 0.4) is 0 Å². The van der Waals surface area contributed by atoms with Crippen LogP contribution in [-0.2, 0) is 52.4 Å². The van der Waals surface area contributed by atoms with E-state index in [1.54, 1.807) is 57.2 Å². The smallest absolute Gasteiger partial charge is 0.297 e. The second-order valence-corrected chi connectivity index (χ2v) is 14.7. The van der Waals surface area contributed by atoms with Crippen molar-refractivity contribution in [2.45, 2.75) is 66.8 Å². The lowest BCUT2D eigenvalue weighted by molar-refractivity contribution is -0.108. The van der Waals surface area contributed by atoms with Gasteiger partial charge in [-0.2, -0.15) is 25.3 Å². The molecule has 1 aliphatic heterocycles. The number of benzene rings is 3. The van der Waals surface area contributed by atoms with Gasteiger partial charge in [-0.15, -0.1) is 0 Å². The van der Waals surface area contributed by atoms with E-state index < -0.39 is 68.2 Å². The molecule has 1 heterocycles. The van der Waals surface area contributed by atoms with Crippen molar-refractivity contribution in [3.63, 3.8) is 0 Å². The van der Waals surface area contributed by atoms with Crippen molar-refractivity contribution < 1.29 is 47.3 Å². The molecule has 0 amide bonds. The van der Waals surface area contributed by atoms with Crippen molar-refractivity contribution >= 4 is 30.4 Å². The summed E-state index contributed by atoms with van der Waals surface area (Å²) in [5.74, 6) is 0. The fourth-order valence-corrected chi connectivity index (χ4v) is 7.20. The van der Waals surface area contributed by atoms with E-state index in [0.29, 0.717) is 0 Å². The lowest BCUT2D eigenvalue weighted by Crippen LogP contribution is -2.49. The summed E-state index contributed by atoms with van der Waals surface area (Å²) in [5, 5.41) is 0. The van der Waals surface area contributed by atoms with E-state index in [0.717, 1.165) is 16.7 Å². The van der Waals surface area contributed by atoms with Crippen LogP contribution in [0.15, 0.2) is 87.5 Å². The Morgan fingerprint density at radius 2 is 0.976 bits per heavy atom. The highest BCUT2D eigenvalue weighted by molar-refractivity contribution is 7.87. The molecule has 4 rings (SSSR count). The SMILES string of the molecule is Cc1ccc(S(=O)(=O)OC[C@@H]2OCO[C@@H](C)[C@@H](OS(=O)(=O)c3ccc(C)cc3)[C@H]2OS(=O)(=O)c2ccc(C)cc2)cc1. The summed E-state index contributed by atoms with van der Waals surface area (Å²) in [5.41, 5.74) is 2.44. The molecule has 3 aromatic carbocycles. The fourth-order valence-electron chi connectivity index (χ4n) is 4.04. The van der Waals surface area contributed by atoms with Crippen LogP contribution in [0, 0.1) is 20.8 Å². The van der Waals surface area contributed by atoms with E-state index in [9.17, 15) is 25.3 Å². The Balaban J connectivity index is 1.70. The van der Waals surface area contributed by atoms with Crippen LogP contribution in [-0.4, -0.2) is 63.1 Å². The number of ether oxygens (including phenoxy) is 2. The summed E-state index contributed by atoms with van der Waals surface area (Å²) < 4.78 is 107. The monoisotopic (exact) mass is 640 g/mol. The predicted molar refractivity (Wildman–Crippen MR) is 151 cm³/mol. The van der Waals surface area contributed by atoms with Crippen LogP contribution in [0.1, 0.15) is 23.6 Å².